The van der Waals surface area contributed by atoms with Crippen LogP contribution in [0.25, 0.3) is 0 Å². The minimum absolute atomic E-state index is 0.298. The highest BCUT2D eigenvalue weighted by atomic mass is 16.6. The van der Waals surface area contributed by atoms with Gasteiger partial charge in [-0.25, -0.2) is 4.79 Å². The van der Waals surface area contributed by atoms with E-state index < -0.39 is 16.6 Å². The summed E-state index contributed by atoms with van der Waals surface area (Å²) in [6.45, 7) is 8.40. The number of aliphatic hydroxyl groups is 1. The van der Waals surface area contributed by atoms with Crippen LogP contribution in [0.2, 0.25) is 0 Å². The highest BCUT2D eigenvalue weighted by Gasteiger charge is 2.57. The van der Waals surface area contributed by atoms with Crippen molar-refractivity contribution in [2.45, 2.75) is 90.3 Å². The average molecular weight is 370 g/mol. The fraction of sp³-hybridized carbons (Fsp3) is 0.900. The fourth-order valence-corrected chi connectivity index (χ4v) is 4.32. The SMILES string of the molecule is CCOC(=O)C1(C2(O)CCCCCC2)CCN(C(=O)OC(C)(C)C)CC1. The van der Waals surface area contributed by atoms with Crippen LogP contribution in [0.1, 0.15) is 79.1 Å². The molecule has 0 aromatic carbocycles. The van der Waals surface area contributed by atoms with E-state index in [4.69, 9.17) is 9.47 Å². The summed E-state index contributed by atoms with van der Waals surface area (Å²) in [4.78, 5) is 26.9. The highest BCUT2D eigenvalue weighted by molar-refractivity contribution is 5.79. The van der Waals surface area contributed by atoms with E-state index >= 15 is 0 Å². The van der Waals surface area contributed by atoms with Crippen LogP contribution in [-0.4, -0.2) is 53.0 Å². The number of esters is 1. The molecule has 2 fully saturated rings. The molecule has 1 N–H and O–H groups in total. The summed E-state index contributed by atoms with van der Waals surface area (Å²) in [7, 11) is 0. The molecule has 0 atom stereocenters. The Balaban J connectivity index is 2.18. The molecule has 2 aliphatic rings. The maximum absolute atomic E-state index is 12.9. The second-order valence-electron chi connectivity index (χ2n) is 8.72. The Bertz CT molecular complexity index is 495. The lowest BCUT2D eigenvalue weighted by atomic mass is 9.62. The zero-order valence-electron chi connectivity index (χ0n) is 16.8. The summed E-state index contributed by atoms with van der Waals surface area (Å²) in [5, 5.41) is 11.5. The van der Waals surface area contributed by atoms with Crippen molar-refractivity contribution in [3.8, 4) is 0 Å². The van der Waals surface area contributed by atoms with E-state index in [1.54, 1.807) is 11.8 Å². The third-order valence-electron chi connectivity index (χ3n) is 5.76. The molecule has 0 spiro atoms. The highest BCUT2D eigenvalue weighted by Crippen LogP contribution is 2.49. The summed E-state index contributed by atoms with van der Waals surface area (Å²) in [5.41, 5.74) is -2.52. The molecule has 0 aromatic heterocycles. The standard InChI is InChI=1S/C20H35NO5/c1-5-25-16(22)19(20(24)10-8-6-7-9-11-20)12-14-21(15-13-19)17(23)26-18(2,3)4/h24H,5-15H2,1-4H3. The van der Waals surface area contributed by atoms with Crippen molar-refractivity contribution in [3.63, 3.8) is 0 Å². The van der Waals surface area contributed by atoms with Crippen molar-refractivity contribution in [1.29, 1.82) is 0 Å². The van der Waals surface area contributed by atoms with Crippen molar-refractivity contribution in [3.05, 3.63) is 0 Å². The number of nitrogens with zero attached hydrogens (tertiary/aromatic N) is 1. The van der Waals surface area contributed by atoms with Crippen LogP contribution in [0.15, 0.2) is 0 Å². The zero-order valence-corrected chi connectivity index (χ0v) is 16.8. The summed E-state index contributed by atoms with van der Waals surface area (Å²) in [5.74, 6) is -0.312. The molecule has 6 heteroatoms. The third kappa shape index (κ3) is 4.51. The molecule has 1 heterocycles. The molecule has 1 amide bonds. The first-order chi connectivity index (χ1) is 12.1. The topological polar surface area (TPSA) is 76.1 Å². The molecule has 150 valence electrons. The van der Waals surface area contributed by atoms with Crippen molar-refractivity contribution in [2.24, 2.45) is 5.41 Å². The lowest BCUT2D eigenvalue weighted by molar-refractivity contribution is -0.186. The van der Waals surface area contributed by atoms with Gasteiger partial charge in [0.1, 0.15) is 5.60 Å². The normalized spacial score (nSPS) is 23.0. The molecule has 2 rings (SSSR count). The maximum atomic E-state index is 12.9. The van der Waals surface area contributed by atoms with Gasteiger partial charge in [-0.05, 0) is 53.4 Å². The van der Waals surface area contributed by atoms with E-state index in [0.29, 0.717) is 45.4 Å². The van der Waals surface area contributed by atoms with E-state index in [1.165, 1.54) is 0 Å². The van der Waals surface area contributed by atoms with Gasteiger partial charge < -0.3 is 19.5 Å². The molecule has 6 nitrogen and oxygen atoms in total. The van der Waals surface area contributed by atoms with Gasteiger partial charge in [-0.3, -0.25) is 4.79 Å². The predicted octanol–water partition coefficient (Wildman–Crippen LogP) is 3.65. The Morgan fingerprint density at radius 3 is 2.00 bits per heavy atom. The lowest BCUT2D eigenvalue weighted by Gasteiger charge is -2.49. The average Bonchev–Trinajstić information content (AvgIpc) is 2.79. The van der Waals surface area contributed by atoms with E-state index in [0.717, 1.165) is 25.7 Å². The van der Waals surface area contributed by atoms with E-state index in [2.05, 4.69) is 0 Å². The zero-order chi connectivity index (χ0) is 19.4. The van der Waals surface area contributed by atoms with E-state index in [1.807, 2.05) is 20.8 Å². The number of hydrogen-bond acceptors (Lipinski definition) is 5. The van der Waals surface area contributed by atoms with Gasteiger partial charge >= 0.3 is 12.1 Å². The minimum atomic E-state index is -1.05. The van der Waals surface area contributed by atoms with Crippen LogP contribution in [0.5, 0.6) is 0 Å². The number of carbonyl (C=O) groups excluding carboxylic acids is 2. The molecule has 0 bridgehead atoms. The minimum Gasteiger partial charge on any atom is -0.465 e. The fourth-order valence-electron chi connectivity index (χ4n) is 4.32. The quantitative estimate of drug-likeness (QED) is 0.607. The van der Waals surface area contributed by atoms with Crippen molar-refractivity contribution in [1.82, 2.24) is 4.90 Å². The predicted molar refractivity (Wildman–Crippen MR) is 98.8 cm³/mol. The van der Waals surface area contributed by atoms with E-state index in [-0.39, 0.29) is 12.1 Å². The van der Waals surface area contributed by atoms with E-state index in [9.17, 15) is 14.7 Å². The molecule has 0 aromatic rings. The van der Waals surface area contributed by atoms with Crippen LogP contribution in [0.3, 0.4) is 0 Å². The number of carbonyl (C=O) groups is 2. The van der Waals surface area contributed by atoms with Gasteiger partial charge in [-0.15, -0.1) is 0 Å². The Kier molecular flexibility index (Phi) is 6.59. The molecular formula is C20H35NO5. The molecule has 1 aliphatic heterocycles. The van der Waals surface area contributed by atoms with Gasteiger partial charge in [-0.1, -0.05) is 25.7 Å². The Morgan fingerprint density at radius 1 is 1.00 bits per heavy atom. The molecule has 26 heavy (non-hydrogen) atoms. The summed E-state index contributed by atoms with van der Waals surface area (Å²) in [6, 6.07) is 0. The van der Waals surface area contributed by atoms with Gasteiger partial charge in [0.2, 0.25) is 0 Å². The second kappa shape index (κ2) is 8.15. The maximum Gasteiger partial charge on any atom is 0.410 e. The molecule has 1 aliphatic carbocycles. The van der Waals surface area contributed by atoms with Crippen LogP contribution in [0.4, 0.5) is 4.79 Å². The van der Waals surface area contributed by atoms with Crippen LogP contribution < -0.4 is 0 Å². The lowest BCUT2D eigenvalue weighted by Crippen LogP contribution is -2.59. The van der Waals surface area contributed by atoms with Gasteiger partial charge in [-0.2, -0.15) is 0 Å². The number of likely N-dealkylation sites (tertiary alicyclic amines) is 1. The monoisotopic (exact) mass is 369 g/mol. The molecule has 0 unspecified atom stereocenters. The third-order valence-corrected chi connectivity index (χ3v) is 5.76. The first kappa shape index (κ1) is 21.0. The van der Waals surface area contributed by atoms with Gasteiger partial charge in [0.15, 0.2) is 0 Å². The number of amides is 1. The molecule has 0 radical (unpaired) electrons. The number of piperidine rings is 1. The first-order valence-electron chi connectivity index (χ1n) is 10.0. The second-order valence-corrected chi connectivity index (χ2v) is 8.72. The Morgan fingerprint density at radius 2 is 1.54 bits per heavy atom. The van der Waals surface area contributed by atoms with Gasteiger partial charge in [0.25, 0.3) is 0 Å². The first-order valence-corrected chi connectivity index (χ1v) is 10.0. The smallest absolute Gasteiger partial charge is 0.410 e. The van der Waals surface area contributed by atoms with Gasteiger partial charge in [0.05, 0.1) is 17.6 Å². The summed E-state index contributed by atoms with van der Waals surface area (Å²) < 4.78 is 10.8. The van der Waals surface area contributed by atoms with Crippen LogP contribution in [0, 0.1) is 5.41 Å². The summed E-state index contributed by atoms with van der Waals surface area (Å²) >= 11 is 0. The molecular weight excluding hydrogens is 334 g/mol. The van der Waals surface area contributed by atoms with Crippen molar-refractivity contribution < 1.29 is 24.2 Å². The molecule has 1 saturated heterocycles. The van der Waals surface area contributed by atoms with Gasteiger partial charge in [0, 0.05) is 13.1 Å². The van der Waals surface area contributed by atoms with Crippen LogP contribution >= 0.6 is 0 Å². The molecule has 1 saturated carbocycles. The number of ether oxygens (including phenoxy) is 2. The number of rotatable bonds is 3. The van der Waals surface area contributed by atoms with Crippen LogP contribution in [-0.2, 0) is 14.3 Å². The number of hydrogen-bond donors (Lipinski definition) is 1. The van der Waals surface area contributed by atoms with Crippen molar-refractivity contribution >= 4 is 12.1 Å². The Labute approximate surface area is 157 Å². The largest absolute Gasteiger partial charge is 0.465 e. The van der Waals surface area contributed by atoms with Crippen molar-refractivity contribution in [2.75, 3.05) is 19.7 Å². The summed E-state index contributed by atoms with van der Waals surface area (Å²) in [6.07, 6.45) is 5.75. The Hall–Kier alpha value is -1.30.